The number of primary amides is 1. The van der Waals surface area contributed by atoms with Crippen LogP contribution in [0.3, 0.4) is 0 Å². The van der Waals surface area contributed by atoms with Gasteiger partial charge in [0.25, 0.3) is 0 Å². The highest BCUT2D eigenvalue weighted by Crippen LogP contribution is 2.19. The van der Waals surface area contributed by atoms with Crippen molar-refractivity contribution < 1.29 is 34.2 Å². The zero-order chi connectivity index (χ0) is 23.7. The van der Waals surface area contributed by atoms with Crippen molar-refractivity contribution in [1.29, 1.82) is 0 Å². The molecule has 0 aromatic rings. The Morgan fingerprint density at radius 3 is 2.35 bits per heavy atom. The highest BCUT2D eigenvalue weighted by Gasteiger charge is 2.40. The number of hydrogen-bond donors (Lipinski definition) is 6. The number of nitrogens with one attached hydrogen (secondary N) is 2. The smallest absolute Gasteiger partial charge is 0.326 e. The Morgan fingerprint density at radius 1 is 1.19 bits per heavy atom. The monoisotopic (exact) mass is 461 g/mol. The first-order valence-corrected chi connectivity index (χ1v) is 11.2. The normalized spacial score (nSPS) is 19.7. The van der Waals surface area contributed by atoms with Crippen molar-refractivity contribution in [2.75, 3.05) is 18.6 Å². The van der Waals surface area contributed by atoms with Crippen LogP contribution in [-0.4, -0.2) is 93.5 Å². The van der Waals surface area contributed by atoms with Crippen molar-refractivity contribution in [2.24, 2.45) is 11.5 Å². The largest absolute Gasteiger partial charge is 0.480 e. The molecule has 0 radical (unpaired) electrons. The van der Waals surface area contributed by atoms with Crippen LogP contribution < -0.4 is 22.1 Å². The Bertz CT molecular complexity index is 690. The van der Waals surface area contributed by atoms with Gasteiger partial charge in [0.2, 0.25) is 23.6 Å². The van der Waals surface area contributed by atoms with E-state index in [-0.39, 0.29) is 19.4 Å². The summed E-state index contributed by atoms with van der Waals surface area (Å²) in [4.78, 5) is 61.4. The van der Waals surface area contributed by atoms with Crippen LogP contribution in [0.1, 0.15) is 32.6 Å². The molecule has 4 amide bonds. The number of likely N-dealkylation sites (tertiary alicyclic amines) is 1. The second-order valence-electron chi connectivity index (χ2n) is 7.37. The number of carbonyl (C=O) groups excluding carboxylic acids is 4. The summed E-state index contributed by atoms with van der Waals surface area (Å²) in [6, 6.07) is -4.73. The molecule has 8 N–H and O–H groups in total. The fourth-order valence-electron chi connectivity index (χ4n) is 3.20. The van der Waals surface area contributed by atoms with Gasteiger partial charge in [0, 0.05) is 6.54 Å². The lowest BCUT2D eigenvalue weighted by molar-refractivity contribution is -0.150. The van der Waals surface area contributed by atoms with Crippen LogP contribution in [0.15, 0.2) is 0 Å². The summed E-state index contributed by atoms with van der Waals surface area (Å²) in [7, 11) is 0. The maximum atomic E-state index is 12.9. The second kappa shape index (κ2) is 12.5. The summed E-state index contributed by atoms with van der Waals surface area (Å²) in [6.07, 6.45) is 1.07. The van der Waals surface area contributed by atoms with Crippen LogP contribution in [0, 0.1) is 0 Å². The minimum absolute atomic E-state index is 0.198. The molecular formula is C18H31N5O7S. The van der Waals surface area contributed by atoms with E-state index in [1.54, 1.807) is 6.26 Å². The fourth-order valence-corrected chi connectivity index (χ4v) is 3.67. The quantitative estimate of drug-likeness (QED) is 0.179. The van der Waals surface area contributed by atoms with E-state index in [4.69, 9.17) is 11.5 Å². The standard InChI is InChI=1S/C18H31N5O7S/c1-9(24)14(17(28)23-6-3-4-12(23)18(29)30)22-16(27)11(5-7-31-2)21-15(26)10(19)8-13(20)25/h9-12,14,24H,3-8,19H2,1-2H3,(H2,20,25)(H,21,26)(H,22,27)(H,29,30). The van der Waals surface area contributed by atoms with Gasteiger partial charge in [-0.25, -0.2) is 4.79 Å². The molecule has 1 rings (SSSR count). The molecule has 31 heavy (non-hydrogen) atoms. The number of aliphatic carboxylic acids is 1. The van der Waals surface area contributed by atoms with Gasteiger partial charge in [-0.15, -0.1) is 0 Å². The molecule has 1 heterocycles. The maximum absolute atomic E-state index is 12.9. The number of thioether (sulfide) groups is 1. The first-order chi connectivity index (χ1) is 14.5. The van der Waals surface area contributed by atoms with Crippen molar-refractivity contribution >= 4 is 41.4 Å². The Labute approximate surface area is 184 Å². The van der Waals surface area contributed by atoms with Gasteiger partial charge in [-0.05, 0) is 38.2 Å². The molecule has 13 heteroatoms. The Balaban J connectivity index is 2.93. The summed E-state index contributed by atoms with van der Waals surface area (Å²) in [6.45, 7) is 1.50. The van der Waals surface area contributed by atoms with Crippen LogP contribution in [0.25, 0.3) is 0 Å². The molecule has 0 aliphatic carbocycles. The third-order valence-corrected chi connectivity index (χ3v) is 5.51. The van der Waals surface area contributed by atoms with E-state index in [9.17, 15) is 34.2 Å². The summed E-state index contributed by atoms with van der Waals surface area (Å²) in [5, 5.41) is 24.2. The van der Waals surface area contributed by atoms with Gasteiger partial charge >= 0.3 is 5.97 Å². The van der Waals surface area contributed by atoms with Gasteiger partial charge in [0.15, 0.2) is 0 Å². The topological polar surface area (TPSA) is 205 Å². The molecule has 5 atom stereocenters. The number of rotatable bonds is 12. The highest BCUT2D eigenvalue weighted by molar-refractivity contribution is 7.98. The van der Waals surface area contributed by atoms with E-state index in [0.717, 1.165) is 4.90 Å². The Hall–Kier alpha value is -2.38. The third-order valence-electron chi connectivity index (χ3n) is 4.87. The van der Waals surface area contributed by atoms with E-state index < -0.39 is 66.3 Å². The molecule has 0 aromatic heterocycles. The van der Waals surface area contributed by atoms with Crippen LogP contribution in [0.5, 0.6) is 0 Å². The molecule has 0 aromatic carbocycles. The summed E-state index contributed by atoms with van der Waals surface area (Å²) in [5.41, 5.74) is 10.6. The van der Waals surface area contributed by atoms with Gasteiger partial charge in [0.1, 0.15) is 18.1 Å². The second-order valence-corrected chi connectivity index (χ2v) is 8.36. The van der Waals surface area contributed by atoms with Gasteiger partial charge < -0.3 is 37.2 Å². The Kier molecular flexibility index (Phi) is 10.7. The molecule has 176 valence electrons. The number of carbonyl (C=O) groups is 5. The molecule has 1 saturated heterocycles. The number of nitrogens with two attached hydrogens (primary N) is 2. The molecular weight excluding hydrogens is 430 g/mol. The van der Waals surface area contributed by atoms with E-state index in [2.05, 4.69) is 10.6 Å². The van der Waals surface area contributed by atoms with E-state index in [0.29, 0.717) is 12.2 Å². The predicted molar refractivity (Wildman–Crippen MR) is 113 cm³/mol. The van der Waals surface area contributed by atoms with E-state index in [1.807, 2.05) is 0 Å². The number of hydrogen-bond acceptors (Lipinski definition) is 8. The fraction of sp³-hybridized carbons (Fsp3) is 0.722. The van der Waals surface area contributed by atoms with Crippen molar-refractivity contribution in [3.63, 3.8) is 0 Å². The maximum Gasteiger partial charge on any atom is 0.326 e. The number of nitrogens with zero attached hydrogens (tertiary/aromatic N) is 1. The van der Waals surface area contributed by atoms with Crippen molar-refractivity contribution in [3.05, 3.63) is 0 Å². The summed E-state index contributed by atoms with van der Waals surface area (Å²) >= 11 is 1.42. The molecule has 5 unspecified atom stereocenters. The molecule has 1 aliphatic heterocycles. The van der Waals surface area contributed by atoms with Crippen LogP contribution in [-0.2, 0) is 24.0 Å². The third kappa shape index (κ3) is 7.99. The van der Waals surface area contributed by atoms with Crippen LogP contribution in [0.4, 0.5) is 0 Å². The lowest BCUT2D eigenvalue weighted by Crippen LogP contribution is -2.60. The van der Waals surface area contributed by atoms with E-state index in [1.165, 1.54) is 18.7 Å². The van der Waals surface area contributed by atoms with Crippen LogP contribution >= 0.6 is 11.8 Å². The average Bonchev–Trinajstić information content (AvgIpc) is 3.17. The SMILES string of the molecule is CSCCC(NC(=O)C(N)CC(N)=O)C(=O)NC(C(=O)N1CCCC1C(=O)O)C(C)O. The summed E-state index contributed by atoms with van der Waals surface area (Å²) < 4.78 is 0. The molecule has 0 spiro atoms. The number of aliphatic hydroxyl groups is 1. The molecule has 0 bridgehead atoms. The van der Waals surface area contributed by atoms with Gasteiger partial charge in [0.05, 0.1) is 18.6 Å². The minimum atomic E-state index is -1.39. The minimum Gasteiger partial charge on any atom is -0.480 e. The number of amides is 4. The van der Waals surface area contributed by atoms with Crippen molar-refractivity contribution in [2.45, 2.75) is 62.9 Å². The van der Waals surface area contributed by atoms with Gasteiger partial charge in [-0.2, -0.15) is 11.8 Å². The number of carboxylic acid groups (broad SMARTS) is 1. The molecule has 1 aliphatic rings. The van der Waals surface area contributed by atoms with Crippen molar-refractivity contribution in [3.8, 4) is 0 Å². The zero-order valence-electron chi connectivity index (χ0n) is 17.6. The van der Waals surface area contributed by atoms with E-state index >= 15 is 0 Å². The van der Waals surface area contributed by atoms with Gasteiger partial charge in [-0.1, -0.05) is 0 Å². The van der Waals surface area contributed by atoms with Crippen molar-refractivity contribution in [1.82, 2.24) is 15.5 Å². The lowest BCUT2D eigenvalue weighted by atomic mass is 10.1. The summed E-state index contributed by atoms with van der Waals surface area (Å²) in [5.74, 6) is -3.65. The number of aliphatic hydroxyl groups excluding tert-OH is 1. The molecule has 0 saturated carbocycles. The Morgan fingerprint density at radius 2 is 1.84 bits per heavy atom. The van der Waals surface area contributed by atoms with Crippen LogP contribution in [0.2, 0.25) is 0 Å². The lowest BCUT2D eigenvalue weighted by Gasteiger charge is -2.30. The zero-order valence-corrected chi connectivity index (χ0v) is 18.4. The first kappa shape index (κ1) is 26.7. The van der Waals surface area contributed by atoms with Gasteiger partial charge in [-0.3, -0.25) is 19.2 Å². The average molecular weight is 462 g/mol. The first-order valence-electron chi connectivity index (χ1n) is 9.84. The number of carboxylic acids is 1. The predicted octanol–water partition coefficient (Wildman–Crippen LogP) is -2.63. The molecule has 1 fully saturated rings. The highest BCUT2D eigenvalue weighted by atomic mass is 32.2. The molecule has 12 nitrogen and oxygen atoms in total.